The fourth-order valence-electron chi connectivity index (χ4n) is 8.39. The van der Waals surface area contributed by atoms with Crippen molar-refractivity contribution in [3.05, 3.63) is 261 Å². The molecule has 0 fully saturated rings. The van der Waals surface area contributed by atoms with Crippen molar-refractivity contribution in [3.63, 3.8) is 0 Å². The van der Waals surface area contributed by atoms with Crippen molar-refractivity contribution < 1.29 is 0 Å². The monoisotopic (exact) mass is 777 g/mol. The Labute approximate surface area is 359 Å². The molecule has 0 atom stereocenters. The minimum absolute atomic E-state index is 1.07. The van der Waals surface area contributed by atoms with Crippen LogP contribution < -0.4 is 4.90 Å². The predicted octanol–water partition coefficient (Wildman–Crippen LogP) is 16.8. The van der Waals surface area contributed by atoms with Crippen LogP contribution in [0.15, 0.2) is 261 Å². The summed E-state index contributed by atoms with van der Waals surface area (Å²) in [6.07, 6.45) is 0. The Balaban J connectivity index is 1.15. The Morgan fingerprint density at radius 1 is 0.164 bits per heavy atom. The van der Waals surface area contributed by atoms with Crippen LogP contribution >= 0.6 is 0 Å². The van der Waals surface area contributed by atoms with Gasteiger partial charge in [-0.2, -0.15) is 0 Å². The zero-order chi connectivity index (χ0) is 40.8. The molecule has 0 unspecified atom stereocenters. The summed E-state index contributed by atoms with van der Waals surface area (Å²) in [4.78, 5) is 2.43. The van der Waals surface area contributed by atoms with Gasteiger partial charge in [0, 0.05) is 17.1 Å². The minimum Gasteiger partial charge on any atom is -0.310 e. The van der Waals surface area contributed by atoms with E-state index in [4.69, 9.17) is 0 Å². The summed E-state index contributed by atoms with van der Waals surface area (Å²) in [5.74, 6) is 0. The lowest BCUT2D eigenvalue weighted by atomic mass is 9.92. The first-order chi connectivity index (χ1) is 30.2. The van der Waals surface area contributed by atoms with Crippen LogP contribution in [0.2, 0.25) is 0 Å². The van der Waals surface area contributed by atoms with Gasteiger partial charge in [0.1, 0.15) is 0 Å². The molecule has 0 aliphatic rings. The molecule has 0 aromatic heterocycles. The highest BCUT2D eigenvalue weighted by molar-refractivity contribution is 5.90. The topological polar surface area (TPSA) is 3.24 Å². The van der Waals surface area contributed by atoms with Crippen LogP contribution in [0.5, 0.6) is 0 Å². The normalized spacial score (nSPS) is 11.0. The van der Waals surface area contributed by atoms with Gasteiger partial charge in [-0.05, 0) is 132 Å². The van der Waals surface area contributed by atoms with Crippen LogP contribution in [0.1, 0.15) is 0 Å². The van der Waals surface area contributed by atoms with Crippen LogP contribution in [0.25, 0.3) is 77.9 Å². The molecular formula is C60H43N. The van der Waals surface area contributed by atoms with Gasteiger partial charge in [0.25, 0.3) is 0 Å². The number of nitrogens with zero attached hydrogens (tertiary/aromatic N) is 1. The van der Waals surface area contributed by atoms with Crippen LogP contribution in [-0.4, -0.2) is 0 Å². The van der Waals surface area contributed by atoms with E-state index < -0.39 is 0 Å². The number of benzene rings is 10. The highest BCUT2D eigenvalue weighted by atomic mass is 15.1. The molecule has 0 radical (unpaired) electrons. The average Bonchev–Trinajstić information content (AvgIpc) is 3.35. The van der Waals surface area contributed by atoms with Crippen molar-refractivity contribution in [2.24, 2.45) is 0 Å². The van der Waals surface area contributed by atoms with E-state index in [1.54, 1.807) is 0 Å². The molecule has 10 rings (SSSR count). The van der Waals surface area contributed by atoms with E-state index >= 15 is 0 Å². The zero-order valence-electron chi connectivity index (χ0n) is 33.8. The summed E-state index contributed by atoms with van der Waals surface area (Å²) in [6, 6.07) is 94.2. The molecule has 0 spiro atoms. The summed E-state index contributed by atoms with van der Waals surface area (Å²) in [5, 5.41) is 0. The summed E-state index contributed by atoms with van der Waals surface area (Å²) < 4.78 is 0. The summed E-state index contributed by atoms with van der Waals surface area (Å²) in [5.41, 5.74) is 19.7. The SMILES string of the molecule is c1ccc(-c2cccc(-c3ccccc3-c3ccc(N(c4cc(-c5ccccc5)cc(-c5ccccc5)c4)c4cc(-c5ccccc5)cc(-c5ccccc5)c4)cc3)c2)cc1. The number of rotatable bonds is 10. The highest BCUT2D eigenvalue weighted by Gasteiger charge is 2.19. The molecule has 61 heavy (non-hydrogen) atoms. The smallest absolute Gasteiger partial charge is 0.0473 e. The second kappa shape index (κ2) is 17.1. The largest absolute Gasteiger partial charge is 0.310 e. The van der Waals surface area contributed by atoms with Gasteiger partial charge in [-0.25, -0.2) is 0 Å². The Kier molecular flexibility index (Phi) is 10.4. The van der Waals surface area contributed by atoms with Crippen molar-refractivity contribution >= 4 is 17.1 Å². The molecule has 0 amide bonds. The maximum atomic E-state index is 2.43. The second-order valence-corrected chi connectivity index (χ2v) is 15.4. The van der Waals surface area contributed by atoms with Gasteiger partial charge in [-0.15, -0.1) is 0 Å². The van der Waals surface area contributed by atoms with E-state index in [9.17, 15) is 0 Å². The third kappa shape index (κ3) is 8.06. The van der Waals surface area contributed by atoms with E-state index in [-0.39, 0.29) is 0 Å². The summed E-state index contributed by atoms with van der Waals surface area (Å²) in [6.45, 7) is 0. The molecule has 0 bridgehead atoms. The van der Waals surface area contributed by atoms with E-state index in [1.165, 1.54) is 50.1 Å². The van der Waals surface area contributed by atoms with Crippen LogP contribution in [0, 0.1) is 0 Å². The van der Waals surface area contributed by atoms with Gasteiger partial charge in [0.05, 0.1) is 0 Å². The van der Waals surface area contributed by atoms with Crippen LogP contribution in [0.4, 0.5) is 17.1 Å². The van der Waals surface area contributed by atoms with Gasteiger partial charge < -0.3 is 4.90 Å². The first-order valence-corrected chi connectivity index (χ1v) is 20.9. The molecule has 0 heterocycles. The van der Waals surface area contributed by atoms with Crippen molar-refractivity contribution in [1.82, 2.24) is 0 Å². The maximum absolute atomic E-state index is 2.43. The lowest BCUT2D eigenvalue weighted by Crippen LogP contribution is -2.11. The van der Waals surface area contributed by atoms with Gasteiger partial charge >= 0.3 is 0 Å². The molecule has 0 aliphatic heterocycles. The zero-order valence-corrected chi connectivity index (χ0v) is 33.8. The summed E-state index contributed by atoms with van der Waals surface area (Å²) >= 11 is 0. The van der Waals surface area contributed by atoms with Gasteiger partial charge in [0.2, 0.25) is 0 Å². The number of hydrogen-bond donors (Lipinski definition) is 0. The Morgan fingerprint density at radius 3 is 0.852 bits per heavy atom. The molecule has 0 aliphatic carbocycles. The molecular weight excluding hydrogens is 735 g/mol. The molecule has 288 valence electrons. The number of anilines is 3. The minimum atomic E-state index is 1.07. The van der Waals surface area contributed by atoms with Crippen molar-refractivity contribution in [3.8, 4) is 77.9 Å². The average molecular weight is 778 g/mol. The molecule has 0 N–H and O–H groups in total. The molecule has 1 heteroatoms. The number of hydrogen-bond acceptors (Lipinski definition) is 1. The standard InChI is InChI=1S/C60H43N/c1-6-19-44(20-7-1)50-29-18-30-51(37-50)60-32-17-16-31-59(60)49-33-35-56(36-34-49)61(57-40-52(45-21-8-2-9-22-45)38-53(41-57)46-23-10-3-11-24-46)58-42-54(47-25-12-4-13-26-47)39-55(43-58)48-27-14-5-15-28-48/h1-43H. The predicted molar refractivity (Wildman–Crippen MR) is 259 cm³/mol. The maximum Gasteiger partial charge on any atom is 0.0473 e. The second-order valence-electron chi connectivity index (χ2n) is 15.4. The fraction of sp³-hybridized carbons (Fsp3) is 0. The Hall–Kier alpha value is -8.00. The third-order valence-electron chi connectivity index (χ3n) is 11.4. The van der Waals surface area contributed by atoms with E-state index in [2.05, 4.69) is 266 Å². The molecule has 1 nitrogen and oxygen atoms in total. The fourth-order valence-corrected chi connectivity index (χ4v) is 8.39. The first kappa shape index (κ1) is 37.3. The molecule has 10 aromatic rings. The third-order valence-corrected chi connectivity index (χ3v) is 11.4. The van der Waals surface area contributed by atoms with E-state index in [0.717, 1.165) is 44.9 Å². The quantitative estimate of drug-likeness (QED) is 0.134. The molecule has 0 saturated carbocycles. The van der Waals surface area contributed by atoms with Crippen molar-refractivity contribution in [1.29, 1.82) is 0 Å². The van der Waals surface area contributed by atoms with Crippen LogP contribution in [-0.2, 0) is 0 Å². The molecule has 10 aromatic carbocycles. The van der Waals surface area contributed by atoms with Gasteiger partial charge in [-0.3, -0.25) is 0 Å². The van der Waals surface area contributed by atoms with Gasteiger partial charge in [-0.1, -0.05) is 206 Å². The van der Waals surface area contributed by atoms with Crippen molar-refractivity contribution in [2.45, 2.75) is 0 Å². The van der Waals surface area contributed by atoms with Crippen LogP contribution in [0.3, 0.4) is 0 Å². The first-order valence-electron chi connectivity index (χ1n) is 20.9. The molecule has 0 saturated heterocycles. The van der Waals surface area contributed by atoms with Gasteiger partial charge in [0.15, 0.2) is 0 Å². The lowest BCUT2D eigenvalue weighted by molar-refractivity contribution is 1.28. The Bertz CT molecular complexity index is 2790. The Morgan fingerprint density at radius 2 is 0.459 bits per heavy atom. The lowest BCUT2D eigenvalue weighted by Gasteiger charge is -2.28. The van der Waals surface area contributed by atoms with E-state index in [0.29, 0.717) is 0 Å². The van der Waals surface area contributed by atoms with E-state index in [1.807, 2.05) is 0 Å². The highest BCUT2D eigenvalue weighted by Crippen LogP contribution is 2.44. The summed E-state index contributed by atoms with van der Waals surface area (Å²) in [7, 11) is 0. The van der Waals surface area contributed by atoms with Crippen molar-refractivity contribution in [2.75, 3.05) is 4.90 Å².